The van der Waals surface area contributed by atoms with Crippen LogP contribution in [0.1, 0.15) is 30.9 Å². The van der Waals surface area contributed by atoms with Crippen LogP contribution in [-0.4, -0.2) is 12.6 Å². The van der Waals surface area contributed by atoms with E-state index in [1.807, 2.05) is 36.4 Å². The predicted octanol–water partition coefficient (Wildman–Crippen LogP) is 4.67. The summed E-state index contributed by atoms with van der Waals surface area (Å²) in [7, 11) is 0. The molecule has 154 valence electrons. The van der Waals surface area contributed by atoms with E-state index in [0.717, 1.165) is 15.6 Å². The van der Waals surface area contributed by atoms with Crippen molar-refractivity contribution in [1.29, 1.82) is 5.26 Å². The van der Waals surface area contributed by atoms with Crippen LogP contribution >= 0.6 is 15.9 Å². The minimum atomic E-state index is -0.664. The van der Waals surface area contributed by atoms with E-state index in [0.29, 0.717) is 18.1 Å². The summed E-state index contributed by atoms with van der Waals surface area (Å²) in [4.78, 5) is 12.5. The Labute approximate surface area is 183 Å². The van der Waals surface area contributed by atoms with Gasteiger partial charge < -0.3 is 19.9 Å². The van der Waals surface area contributed by atoms with Gasteiger partial charge in [0.1, 0.15) is 29.8 Å². The van der Waals surface area contributed by atoms with Gasteiger partial charge in [-0.05, 0) is 49.2 Å². The quantitative estimate of drug-likeness (QED) is 0.618. The molecule has 3 rings (SSSR count). The number of halogens is 1. The predicted molar refractivity (Wildman–Crippen MR) is 115 cm³/mol. The van der Waals surface area contributed by atoms with Crippen LogP contribution in [0, 0.1) is 11.3 Å². The fourth-order valence-electron chi connectivity index (χ4n) is 3.19. The average Bonchev–Trinajstić information content (AvgIpc) is 2.73. The number of carbonyl (C=O) groups excluding carboxylic acids is 1. The molecule has 0 radical (unpaired) electrons. The molecule has 0 aromatic heterocycles. The number of nitriles is 1. The van der Waals surface area contributed by atoms with Crippen molar-refractivity contribution in [2.45, 2.75) is 26.4 Å². The van der Waals surface area contributed by atoms with Crippen molar-refractivity contribution in [3.8, 4) is 11.8 Å². The molecule has 30 heavy (non-hydrogen) atoms. The van der Waals surface area contributed by atoms with Gasteiger partial charge in [-0.2, -0.15) is 5.26 Å². The van der Waals surface area contributed by atoms with Gasteiger partial charge in [0.15, 0.2) is 0 Å². The molecule has 1 atom stereocenters. The Balaban J connectivity index is 1.85. The number of rotatable bonds is 6. The maximum atomic E-state index is 12.5. The number of esters is 1. The normalized spacial score (nSPS) is 16.0. The Kier molecular flexibility index (Phi) is 6.80. The minimum Gasteiger partial charge on any atom is -0.489 e. The van der Waals surface area contributed by atoms with E-state index in [1.54, 1.807) is 26.0 Å². The zero-order valence-corrected chi connectivity index (χ0v) is 18.2. The lowest BCUT2D eigenvalue weighted by atomic mass is 9.83. The fourth-order valence-corrected chi connectivity index (χ4v) is 3.46. The van der Waals surface area contributed by atoms with Crippen molar-refractivity contribution in [2.24, 2.45) is 5.73 Å². The van der Waals surface area contributed by atoms with E-state index in [4.69, 9.17) is 19.9 Å². The molecule has 1 aliphatic heterocycles. The van der Waals surface area contributed by atoms with Crippen LogP contribution in [0.2, 0.25) is 0 Å². The Hall–Kier alpha value is -3.24. The van der Waals surface area contributed by atoms with Gasteiger partial charge in [-0.1, -0.05) is 40.2 Å². The van der Waals surface area contributed by atoms with Crippen LogP contribution in [-0.2, 0) is 20.9 Å². The molecule has 0 bridgehead atoms. The molecule has 2 aromatic carbocycles. The summed E-state index contributed by atoms with van der Waals surface area (Å²) in [6.07, 6.45) is 0. The van der Waals surface area contributed by atoms with Gasteiger partial charge in [-0.15, -0.1) is 0 Å². The molecule has 7 heteroatoms. The number of hydrogen-bond donors (Lipinski definition) is 1. The van der Waals surface area contributed by atoms with Gasteiger partial charge in [0, 0.05) is 4.47 Å². The van der Waals surface area contributed by atoms with Gasteiger partial charge in [-0.3, -0.25) is 0 Å². The molecule has 2 aromatic rings. The second-order valence-corrected chi connectivity index (χ2v) is 7.51. The van der Waals surface area contributed by atoms with Gasteiger partial charge in [0.05, 0.1) is 18.1 Å². The van der Waals surface area contributed by atoms with Crippen molar-refractivity contribution in [3.63, 3.8) is 0 Å². The highest BCUT2D eigenvalue weighted by Crippen LogP contribution is 2.40. The van der Waals surface area contributed by atoms with E-state index in [-0.39, 0.29) is 23.6 Å². The van der Waals surface area contributed by atoms with E-state index < -0.39 is 11.9 Å². The van der Waals surface area contributed by atoms with Crippen LogP contribution in [0.4, 0.5) is 0 Å². The van der Waals surface area contributed by atoms with Crippen molar-refractivity contribution in [1.82, 2.24) is 0 Å². The van der Waals surface area contributed by atoms with Gasteiger partial charge in [0.25, 0.3) is 0 Å². The molecule has 0 saturated heterocycles. The zero-order chi connectivity index (χ0) is 21.7. The Bertz CT molecular complexity index is 1030. The Morgan fingerprint density at radius 1 is 1.20 bits per heavy atom. The molecule has 1 heterocycles. The molecule has 0 saturated carbocycles. The minimum absolute atomic E-state index is 0.0105. The third-order valence-electron chi connectivity index (χ3n) is 4.63. The van der Waals surface area contributed by atoms with E-state index in [2.05, 4.69) is 22.0 Å². The number of allylic oxidation sites excluding steroid dienone is 2. The second kappa shape index (κ2) is 9.51. The molecule has 2 N–H and O–H groups in total. The molecule has 0 amide bonds. The summed E-state index contributed by atoms with van der Waals surface area (Å²) in [5.41, 5.74) is 8.12. The number of hydrogen-bond acceptors (Lipinski definition) is 6. The lowest BCUT2D eigenvalue weighted by molar-refractivity contribution is -0.139. The molecule has 6 nitrogen and oxygen atoms in total. The van der Waals surface area contributed by atoms with Gasteiger partial charge in [-0.25, -0.2) is 4.79 Å². The summed E-state index contributed by atoms with van der Waals surface area (Å²) in [5.74, 6) is -0.212. The van der Waals surface area contributed by atoms with E-state index >= 15 is 0 Å². The summed E-state index contributed by atoms with van der Waals surface area (Å²) in [6.45, 7) is 3.99. The van der Waals surface area contributed by atoms with E-state index in [9.17, 15) is 10.1 Å². The highest BCUT2D eigenvalue weighted by atomic mass is 79.9. The SMILES string of the molecule is CCOC(=O)C1=C(C)OC(N)=C(C#N)C1c1ccc(OCc2ccc(Br)cc2)cc1. The van der Waals surface area contributed by atoms with Crippen LogP contribution in [0.15, 0.2) is 75.8 Å². The van der Waals surface area contributed by atoms with E-state index in [1.165, 1.54) is 0 Å². The maximum Gasteiger partial charge on any atom is 0.338 e. The monoisotopic (exact) mass is 468 g/mol. The van der Waals surface area contributed by atoms with Crippen LogP contribution in [0.3, 0.4) is 0 Å². The summed E-state index contributed by atoms with van der Waals surface area (Å²) < 4.78 is 17.4. The molecule has 0 spiro atoms. The average molecular weight is 469 g/mol. The largest absolute Gasteiger partial charge is 0.489 e. The third-order valence-corrected chi connectivity index (χ3v) is 5.16. The number of benzene rings is 2. The molecular formula is C23H21BrN2O4. The number of carbonyl (C=O) groups is 1. The van der Waals surface area contributed by atoms with Crippen LogP contribution in [0.5, 0.6) is 5.75 Å². The second-order valence-electron chi connectivity index (χ2n) is 6.60. The standard InChI is InChI=1S/C23H21BrN2O4/c1-3-28-23(27)20-14(2)30-22(26)19(12-25)21(20)16-6-10-18(11-7-16)29-13-15-4-8-17(24)9-5-15/h4-11,21H,3,13,26H2,1-2H3. The molecular weight excluding hydrogens is 448 g/mol. The summed E-state index contributed by atoms with van der Waals surface area (Å²) in [5, 5.41) is 9.62. The fraction of sp³-hybridized carbons (Fsp3) is 0.217. The smallest absolute Gasteiger partial charge is 0.338 e. The number of nitrogens with zero attached hydrogens (tertiary/aromatic N) is 1. The first-order valence-corrected chi connectivity index (χ1v) is 10.2. The lowest BCUT2D eigenvalue weighted by Crippen LogP contribution is -2.25. The van der Waals surface area contributed by atoms with Crippen LogP contribution in [0.25, 0.3) is 0 Å². The molecule has 1 aliphatic rings. The Morgan fingerprint density at radius 3 is 2.47 bits per heavy atom. The lowest BCUT2D eigenvalue weighted by Gasteiger charge is -2.26. The first-order chi connectivity index (χ1) is 14.4. The molecule has 1 unspecified atom stereocenters. The third kappa shape index (κ3) is 4.66. The van der Waals surface area contributed by atoms with Crippen molar-refractivity contribution in [2.75, 3.05) is 6.61 Å². The Morgan fingerprint density at radius 2 is 1.87 bits per heavy atom. The maximum absolute atomic E-state index is 12.5. The van der Waals surface area contributed by atoms with Crippen molar-refractivity contribution in [3.05, 3.63) is 86.9 Å². The van der Waals surface area contributed by atoms with Gasteiger partial charge in [0.2, 0.25) is 5.88 Å². The van der Waals surface area contributed by atoms with Crippen molar-refractivity contribution >= 4 is 21.9 Å². The first-order valence-electron chi connectivity index (χ1n) is 9.37. The highest BCUT2D eigenvalue weighted by molar-refractivity contribution is 9.10. The number of nitrogens with two attached hydrogens (primary N) is 1. The molecule has 0 aliphatic carbocycles. The zero-order valence-electron chi connectivity index (χ0n) is 16.6. The summed E-state index contributed by atoms with van der Waals surface area (Å²) >= 11 is 3.41. The van der Waals surface area contributed by atoms with Crippen molar-refractivity contribution < 1.29 is 19.0 Å². The first kappa shape index (κ1) is 21.5. The van der Waals surface area contributed by atoms with Crippen LogP contribution < -0.4 is 10.5 Å². The van der Waals surface area contributed by atoms with Gasteiger partial charge >= 0.3 is 5.97 Å². The topological polar surface area (TPSA) is 94.6 Å². The number of ether oxygens (including phenoxy) is 3. The summed E-state index contributed by atoms with van der Waals surface area (Å²) in [6, 6.07) is 17.2. The molecule has 0 fully saturated rings. The highest BCUT2D eigenvalue weighted by Gasteiger charge is 2.36.